The zero-order valence-electron chi connectivity index (χ0n) is 11.4. The van der Waals surface area contributed by atoms with Crippen LogP contribution in [-0.2, 0) is 9.59 Å². The van der Waals surface area contributed by atoms with E-state index in [-0.39, 0.29) is 11.7 Å². The van der Waals surface area contributed by atoms with Gasteiger partial charge in [0.2, 0.25) is 0 Å². The Balaban J connectivity index is 0. The Hall–Kier alpha value is -1.44. The lowest BCUT2D eigenvalue weighted by Crippen LogP contribution is -1.97. The van der Waals surface area contributed by atoms with Gasteiger partial charge in [0.05, 0.1) is 0 Å². The molecule has 0 spiro atoms. The van der Waals surface area contributed by atoms with E-state index in [0.29, 0.717) is 0 Å². The number of carbonyl (C=O) groups excluding carboxylic acids is 2. The van der Waals surface area contributed by atoms with Crippen LogP contribution in [0.4, 0.5) is 0 Å². The average molecular weight is 236 g/mol. The zero-order valence-corrected chi connectivity index (χ0v) is 11.4. The first-order valence-corrected chi connectivity index (χ1v) is 5.93. The van der Waals surface area contributed by atoms with Crippen LogP contribution in [0.5, 0.6) is 0 Å². The fourth-order valence-corrected chi connectivity index (χ4v) is 1.12. The Morgan fingerprint density at radius 1 is 1.41 bits per heavy atom. The molecule has 1 atom stereocenters. The minimum Gasteiger partial charge on any atom is -0.303 e. The van der Waals surface area contributed by atoms with Crippen molar-refractivity contribution in [3.63, 3.8) is 0 Å². The predicted octanol–water partition coefficient (Wildman–Crippen LogP) is 3.89. The maximum atomic E-state index is 10.4. The molecule has 0 aliphatic carbocycles. The third kappa shape index (κ3) is 12.5. The number of Topliss-reactive ketones (excluding diaryl/α,β-unsaturated/α-hetero) is 1. The summed E-state index contributed by atoms with van der Waals surface area (Å²) in [5.41, 5.74) is 0.998. The molecule has 2 nitrogen and oxygen atoms in total. The van der Waals surface area contributed by atoms with E-state index < -0.39 is 0 Å². The van der Waals surface area contributed by atoms with Crippen LogP contribution >= 0.6 is 0 Å². The monoisotopic (exact) mass is 236 g/mol. The smallest absolute Gasteiger partial charge is 0.129 e. The summed E-state index contributed by atoms with van der Waals surface area (Å²) in [6.45, 7) is 11.0. The molecule has 0 radical (unpaired) electrons. The van der Waals surface area contributed by atoms with Crippen LogP contribution in [0.2, 0.25) is 0 Å². The first-order chi connectivity index (χ1) is 8.03. The van der Waals surface area contributed by atoms with Crippen molar-refractivity contribution >= 4 is 12.1 Å². The summed E-state index contributed by atoms with van der Waals surface area (Å²) < 4.78 is 0. The molecule has 0 N–H and O–H groups in total. The molecule has 0 bridgehead atoms. The van der Waals surface area contributed by atoms with E-state index in [4.69, 9.17) is 0 Å². The standard InChI is InChI=1S/C10H14O.C5H10O/c1-4-6-10(7-5-2)9(3)8-11;1-3-4-5(2)6/h4-9H,1H2,2-3H3;3-4H2,1-2H3/b7-5-,10-6+;/t9-;/m1./s1. The summed E-state index contributed by atoms with van der Waals surface area (Å²) in [7, 11) is 0. The molecule has 2 heteroatoms. The van der Waals surface area contributed by atoms with Gasteiger partial charge in [-0.3, -0.25) is 0 Å². The zero-order chi connectivity index (χ0) is 13.7. The quantitative estimate of drug-likeness (QED) is 0.518. The van der Waals surface area contributed by atoms with E-state index in [9.17, 15) is 9.59 Å². The van der Waals surface area contributed by atoms with E-state index in [1.165, 1.54) is 0 Å². The first-order valence-electron chi connectivity index (χ1n) is 5.93. The third-order valence-corrected chi connectivity index (χ3v) is 2.00. The van der Waals surface area contributed by atoms with Crippen LogP contribution in [0, 0.1) is 5.92 Å². The molecule has 0 rings (SSSR count). The van der Waals surface area contributed by atoms with Gasteiger partial charge >= 0.3 is 0 Å². The van der Waals surface area contributed by atoms with Crippen molar-refractivity contribution in [2.45, 2.75) is 40.5 Å². The summed E-state index contributed by atoms with van der Waals surface area (Å²) in [4.78, 5) is 20.4. The lowest BCUT2D eigenvalue weighted by molar-refractivity contribution is -0.117. The fourth-order valence-electron chi connectivity index (χ4n) is 1.12. The topological polar surface area (TPSA) is 34.1 Å². The van der Waals surface area contributed by atoms with Crippen LogP contribution in [0.25, 0.3) is 0 Å². The van der Waals surface area contributed by atoms with Gasteiger partial charge in [0.25, 0.3) is 0 Å². The Labute approximate surface area is 105 Å². The van der Waals surface area contributed by atoms with E-state index in [2.05, 4.69) is 6.58 Å². The molecule has 0 saturated carbocycles. The van der Waals surface area contributed by atoms with Crippen LogP contribution in [0.15, 0.2) is 36.5 Å². The Kier molecular flexibility index (Phi) is 13.3. The molecule has 0 fully saturated rings. The molecule has 0 aromatic rings. The summed E-state index contributed by atoms with van der Waals surface area (Å²) in [6, 6.07) is 0. The fraction of sp³-hybridized carbons (Fsp3) is 0.467. The van der Waals surface area contributed by atoms with Gasteiger partial charge in [0.15, 0.2) is 0 Å². The minimum atomic E-state index is -0.0378. The van der Waals surface area contributed by atoms with Crippen molar-refractivity contribution in [1.29, 1.82) is 0 Å². The normalized spacial score (nSPS) is 12.6. The average Bonchev–Trinajstić information content (AvgIpc) is 2.28. The predicted molar refractivity (Wildman–Crippen MR) is 73.9 cm³/mol. The molecule has 0 aromatic carbocycles. The van der Waals surface area contributed by atoms with Gasteiger partial charge in [-0.15, -0.1) is 0 Å². The van der Waals surface area contributed by atoms with Gasteiger partial charge in [-0.05, 0) is 25.8 Å². The number of allylic oxidation sites excluding steroid dienone is 5. The number of ketones is 1. The highest BCUT2D eigenvalue weighted by Crippen LogP contribution is 2.09. The van der Waals surface area contributed by atoms with E-state index in [0.717, 1.165) is 24.7 Å². The largest absolute Gasteiger partial charge is 0.303 e. The van der Waals surface area contributed by atoms with Crippen LogP contribution < -0.4 is 0 Å². The molecule has 0 saturated heterocycles. The Bertz CT molecular complexity index is 285. The summed E-state index contributed by atoms with van der Waals surface area (Å²) in [5.74, 6) is 0.252. The summed E-state index contributed by atoms with van der Waals surface area (Å²) >= 11 is 0. The second-order valence-electron chi connectivity index (χ2n) is 3.78. The van der Waals surface area contributed by atoms with Crippen molar-refractivity contribution in [2.24, 2.45) is 5.92 Å². The highest BCUT2D eigenvalue weighted by atomic mass is 16.1. The van der Waals surface area contributed by atoms with Gasteiger partial charge in [0, 0.05) is 12.3 Å². The van der Waals surface area contributed by atoms with Crippen LogP contribution in [0.3, 0.4) is 0 Å². The summed E-state index contributed by atoms with van der Waals surface area (Å²) in [5, 5.41) is 0. The number of hydrogen-bond acceptors (Lipinski definition) is 2. The van der Waals surface area contributed by atoms with E-state index in [1.54, 1.807) is 13.0 Å². The maximum absolute atomic E-state index is 10.4. The number of carbonyl (C=O) groups is 2. The molecule has 96 valence electrons. The lowest BCUT2D eigenvalue weighted by atomic mass is 10.0. The first kappa shape index (κ1) is 17.9. The molecular formula is C15H24O2. The van der Waals surface area contributed by atoms with Gasteiger partial charge < -0.3 is 9.59 Å². The van der Waals surface area contributed by atoms with Gasteiger partial charge in [-0.1, -0.05) is 44.7 Å². The molecule has 0 aromatic heterocycles. The van der Waals surface area contributed by atoms with Crippen molar-refractivity contribution in [1.82, 2.24) is 0 Å². The highest BCUT2D eigenvalue weighted by molar-refractivity contribution is 5.75. The molecule has 0 aliphatic heterocycles. The SMILES string of the molecule is C=C/C=C(\C=C/C)[C@H](C)C=O.CCCC(C)=O. The summed E-state index contributed by atoms with van der Waals surface area (Å²) in [6.07, 6.45) is 10.0. The van der Waals surface area contributed by atoms with Gasteiger partial charge in [0.1, 0.15) is 12.1 Å². The third-order valence-electron chi connectivity index (χ3n) is 2.00. The van der Waals surface area contributed by atoms with Crippen molar-refractivity contribution in [3.8, 4) is 0 Å². The molecule has 17 heavy (non-hydrogen) atoms. The Morgan fingerprint density at radius 3 is 2.24 bits per heavy atom. The molecule has 0 unspecified atom stereocenters. The van der Waals surface area contributed by atoms with Gasteiger partial charge in [-0.25, -0.2) is 0 Å². The van der Waals surface area contributed by atoms with Crippen molar-refractivity contribution in [2.75, 3.05) is 0 Å². The number of rotatable bonds is 6. The van der Waals surface area contributed by atoms with E-state index in [1.807, 2.05) is 39.0 Å². The highest BCUT2D eigenvalue weighted by Gasteiger charge is 2.01. The lowest BCUT2D eigenvalue weighted by Gasteiger charge is -2.02. The second-order valence-corrected chi connectivity index (χ2v) is 3.78. The molecular weight excluding hydrogens is 212 g/mol. The molecule has 0 aliphatic rings. The molecule has 0 amide bonds. The minimum absolute atomic E-state index is 0.0378. The van der Waals surface area contributed by atoms with E-state index >= 15 is 0 Å². The number of aldehydes is 1. The van der Waals surface area contributed by atoms with Gasteiger partial charge in [-0.2, -0.15) is 0 Å². The second kappa shape index (κ2) is 12.6. The molecule has 0 heterocycles. The van der Waals surface area contributed by atoms with Crippen LogP contribution in [-0.4, -0.2) is 12.1 Å². The van der Waals surface area contributed by atoms with Crippen molar-refractivity contribution < 1.29 is 9.59 Å². The number of hydrogen-bond donors (Lipinski definition) is 0. The van der Waals surface area contributed by atoms with Crippen molar-refractivity contribution in [3.05, 3.63) is 36.5 Å². The Morgan fingerprint density at radius 2 is 2.00 bits per heavy atom. The maximum Gasteiger partial charge on any atom is 0.129 e. The van der Waals surface area contributed by atoms with Crippen LogP contribution in [0.1, 0.15) is 40.5 Å².